The van der Waals surface area contributed by atoms with Crippen molar-refractivity contribution in [3.05, 3.63) is 41.7 Å². The van der Waals surface area contributed by atoms with Gasteiger partial charge in [-0.3, -0.25) is 9.80 Å². The van der Waals surface area contributed by atoms with Gasteiger partial charge in [0, 0.05) is 25.7 Å². The van der Waals surface area contributed by atoms with E-state index in [1.165, 1.54) is 44.3 Å². The van der Waals surface area contributed by atoms with E-state index in [9.17, 15) is 0 Å². The molecule has 1 aromatic heterocycles. The highest BCUT2D eigenvalue weighted by Crippen LogP contribution is 2.37. The average molecular weight is 396 g/mol. The van der Waals surface area contributed by atoms with E-state index in [4.69, 9.17) is 0 Å². The van der Waals surface area contributed by atoms with Crippen LogP contribution in [-0.4, -0.2) is 75.3 Å². The summed E-state index contributed by atoms with van der Waals surface area (Å²) in [5, 5.41) is 16.7. The number of nitrogens with one attached hydrogen (secondary N) is 1. The topological polar surface area (TPSA) is 62.1 Å². The van der Waals surface area contributed by atoms with Crippen LogP contribution in [0, 0.1) is 0 Å². The van der Waals surface area contributed by atoms with E-state index in [-0.39, 0.29) is 5.54 Å². The van der Waals surface area contributed by atoms with Crippen molar-refractivity contribution >= 4 is 0 Å². The lowest BCUT2D eigenvalue weighted by Gasteiger charge is -2.45. The van der Waals surface area contributed by atoms with Gasteiger partial charge >= 0.3 is 0 Å². The highest BCUT2D eigenvalue weighted by atomic mass is 15.6. The fourth-order valence-corrected chi connectivity index (χ4v) is 5.40. The van der Waals surface area contributed by atoms with Gasteiger partial charge in [-0.2, -0.15) is 0 Å². The SMILES string of the molecule is c1ccc(Cn2nnnc2C2(N3CCCN(C4CCC4)CC3)CCNCC2)cc1. The fraction of sp³-hybridized carbons (Fsp3) is 0.682. The highest BCUT2D eigenvalue weighted by Gasteiger charge is 2.44. The van der Waals surface area contributed by atoms with Gasteiger partial charge in [-0.15, -0.1) is 5.10 Å². The Morgan fingerprint density at radius 2 is 1.79 bits per heavy atom. The van der Waals surface area contributed by atoms with Crippen LogP contribution in [0.1, 0.15) is 49.9 Å². The summed E-state index contributed by atoms with van der Waals surface area (Å²) in [6.45, 7) is 7.48. The zero-order chi connectivity index (χ0) is 19.5. The lowest BCUT2D eigenvalue weighted by molar-refractivity contribution is 0.0408. The number of benzene rings is 1. The second kappa shape index (κ2) is 8.50. The van der Waals surface area contributed by atoms with Crippen LogP contribution in [0.5, 0.6) is 0 Å². The van der Waals surface area contributed by atoms with Crippen LogP contribution in [0.4, 0.5) is 0 Å². The number of nitrogens with zero attached hydrogens (tertiary/aromatic N) is 6. The Kier molecular flexibility index (Phi) is 5.61. The summed E-state index contributed by atoms with van der Waals surface area (Å²) in [7, 11) is 0. The van der Waals surface area contributed by atoms with Crippen molar-refractivity contribution in [2.24, 2.45) is 0 Å². The zero-order valence-electron chi connectivity index (χ0n) is 17.3. The van der Waals surface area contributed by atoms with E-state index >= 15 is 0 Å². The van der Waals surface area contributed by atoms with Crippen molar-refractivity contribution < 1.29 is 0 Å². The molecule has 2 saturated heterocycles. The predicted octanol–water partition coefficient (Wildman–Crippen LogP) is 1.86. The third-order valence-electron chi connectivity index (χ3n) is 7.28. The molecule has 29 heavy (non-hydrogen) atoms. The first-order valence-corrected chi connectivity index (χ1v) is 11.4. The molecule has 3 fully saturated rings. The van der Waals surface area contributed by atoms with Gasteiger partial charge < -0.3 is 5.32 Å². The molecule has 0 atom stereocenters. The number of tetrazole rings is 1. The van der Waals surface area contributed by atoms with Gasteiger partial charge in [-0.25, -0.2) is 4.68 Å². The molecule has 3 aliphatic rings. The summed E-state index contributed by atoms with van der Waals surface area (Å²) in [4.78, 5) is 5.46. The van der Waals surface area contributed by atoms with E-state index in [0.717, 1.165) is 57.4 Å². The van der Waals surface area contributed by atoms with Crippen molar-refractivity contribution in [3.63, 3.8) is 0 Å². The third kappa shape index (κ3) is 3.83. The second-order valence-corrected chi connectivity index (χ2v) is 8.89. The van der Waals surface area contributed by atoms with Gasteiger partial charge in [0.25, 0.3) is 0 Å². The predicted molar refractivity (Wildman–Crippen MR) is 113 cm³/mol. The van der Waals surface area contributed by atoms with E-state index < -0.39 is 0 Å². The van der Waals surface area contributed by atoms with Gasteiger partial charge in [0.15, 0.2) is 5.82 Å². The summed E-state index contributed by atoms with van der Waals surface area (Å²) in [6, 6.07) is 11.4. The fourth-order valence-electron chi connectivity index (χ4n) is 5.40. The van der Waals surface area contributed by atoms with E-state index in [1.54, 1.807) is 0 Å². The number of hydrogen-bond acceptors (Lipinski definition) is 6. The normalized spacial score (nSPS) is 24.1. The van der Waals surface area contributed by atoms with Crippen LogP contribution in [0.15, 0.2) is 30.3 Å². The lowest BCUT2D eigenvalue weighted by Crippen LogP contribution is -2.55. The Labute approximate surface area is 173 Å². The van der Waals surface area contributed by atoms with Crippen LogP contribution in [-0.2, 0) is 12.1 Å². The van der Waals surface area contributed by atoms with Gasteiger partial charge in [0.2, 0.25) is 0 Å². The van der Waals surface area contributed by atoms with Gasteiger partial charge in [-0.05, 0) is 67.7 Å². The van der Waals surface area contributed by atoms with Gasteiger partial charge in [0.1, 0.15) is 0 Å². The van der Waals surface area contributed by atoms with Gasteiger partial charge in [0.05, 0.1) is 12.1 Å². The van der Waals surface area contributed by atoms with Crippen LogP contribution >= 0.6 is 0 Å². The maximum Gasteiger partial charge on any atom is 0.172 e. The quantitative estimate of drug-likeness (QED) is 0.834. The molecule has 1 N–H and O–H groups in total. The Balaban J connectivity index is 1.41. The van der Waals surface area contributed by atoms with Crippen LogP contribution < -0.4 is 5.32 Å². The maximum absolute atomic E-state index is 4.61. The average Bonchev–Trinajstić information content (AvgIpc) is 3.05. The summed E-state index contributed by atoms with van der Waals surface area (Å²) >= 11 is 0. The number of piperidine rings is 1. The highest BCUT2D eigenvalue weighted by molar-refractivity contribution is 5.17. The molecule has 1 aromatic carbocycles. The first-order chi connectivity index (χ1) is 14.4. The molecule has 0 amide bonds. The molecular weight excluding hydrogens is 362 g/mol. The van der Waals surface area contributed by atoms with Crippen molar-refractivity contribution in [1.29, 1.82) is 0 Å². The van der Waals surface area contributed by atoms with Crippen molar-refractivity contribution in [2.45, 2.75) is 56.7 Å². The van der Waals surface area contributed by atoms with Crippen LogP contribution in [0.3, 0.4) is 0 Å². The first-order valence-electron chi connectivity index (χ1n) is 11.4. The minimum absolute atomic E-state index is 0.0564. The van der Waals surface area contributed by atoms with Crippen molar-refractivity contribution in [3.8, 4) is 0 Å². The Morgan fingerprint density at radius 3 is 2.55 bits per heavy atom. The number of rotatable bonds is 5. The molecule has 0 unspecified atom stereocenters. The van der Waals surface area contributed by atoms with Crippen LogP contribution in [0.25, 0.3) is 0 Å². The molecule has 0 radical (unpaired) electrons. The minimum Gasteiger partial charge on any atom is -0.317 e. The van der Waals surface area contributed by atoms with E-state index in [2.05, 4.69) is 65.7 Å². The summed E-state index contributed by atoms with van der Waals surface area (Å²) in [5.41, 5.74) is 1.19. The molecular formula is C22H33N7. The Bertz CT molecular complexity index is 779. The standard InChI is InChI=1S/C22H33N7/c1-2-6-19(7-3-1)18-29-21(24-25-26-29)22(10-12-23-13-11-22)28-15-5-14-27(16-17-28)20-8-4-9-20/h1-3,6-7,20,23H,4-5,8-18H2. The Hall–Kier alpha value is -1.83. The summed E-state index contributed by atoms with van der Waals surface area (Å²) < 4.78 is 2.05. The third-order valence-corrected chi connectivity index (χ3v) is 7.28. The maximum atomic E-state index is 4.61. The molecule has 1 saturated carbocycles. The number of hydrogen-bond donors (Lipinski definition) is 1. The van der Waals surface area contributed by atoms with Crippen LogP contribution in [0.2, 0.25) is 0 Å². The first kappa shape index (κ1) is 19.2. The van der Waals surface area contributed by atoms with E-state index in [1.807, 2.05) is 0 Å². The lowest BCUT2D eigenvalue weighted by atomic mass is 9.85. The van der Waals surface area contributed by atoms with Crippen molar-refractivity contribution in [2.75, 3.05) is 39.3 Å². The molecule has 3 heterocycles. The molecule has 2 aliphatic heterocycles. The summed E-state index contributed by atoms with van der Waals surface area (Å²) in [6.07, 6.45) is 7.59. The molecule has 156 valence electrons. The molecule has 0 bridgehead atoms. The molecule has 2 aromatic rings. The molecule has 7 nitrogen and oxygen atoms in total. The number of aromatic nitrogens is 4. The van der Waals surface area contributed by atoms with Crippen molar-refractivity contribution in [1.82, 2.24) is 35.3 Å². The monoisotopic (exact) mass is 395 g/mol. The van der Waals surface area contributed by atoms with Gasteiger partial charge in [-0.1, -0.05) is 36.8 Å². The largest absolute Gasteiger partial charge is 0.317 e. The molecule has 0 spiro atoms. The summed E-state index contributed by atoms with van der Waals surface area (Å²) in [5.74, 6) is 1.06. The van der Waals surface area contributed by atoms with E-state index in [0.29, 0.717) is 0 Å². The zero-order valence-corrected chi connectivity index (χ0v) is 17.3. The molecule has 1 aliphatic carbocycles. The Morgan fingerprint density at radius 1 is 0.966 bits per heavy atom. The smallest absolute Gasteiger partial charge is 0.172 e. The second-order valence-electron chi connectivity index (χ2n) is 8.89. The molecule has 7 heteroatoms. The molecule has 5 rings (SSSR count). The minimum atomic E-state index is -0.0564.